The van der Waals surface area contributed by atoms with E-state index in [1.165, 1.54) is 0 Å². The molecule has 0 fully saturated rings. The number of carbonyl (C=O) groups is 2. The van der Waals surface area contributed by atoms with Crippen molar-refractivity contribution in [2.45, 2.75) is 39.5 Å². The average molecular weight is 201 g/mol. The van der Waals surface area contributed by atoms with Crippen LogP contribution in [0.15, 0.2) is 0 Å². The summed E-state index contributed by atoms with van der Waals surface area (Å²) in [6.07, 6.45) is 2.05. The molecule has 74 valence electrons. The Hall–Kier alpha value is -0.294. The zero-order valence-corrected chi connectivity index (χ0v) is 9.66. The van der Waals surface area contributed by atoms with Crippen LogP contribution in [0.3, 0.4) is 0 Å². The molecule has 0 spiro atoms. The van der Waals surface area contributed by atoms with Gasteiger partial charge >= 0.3 is 11.9 Å². The van der Waals surface area contributed by atoms with Crippen molar-refractivity contribution in [3.8, 4) is 0 Å². The maximum atomic E-state index is 9.60. The predicted molar refractivity (Wildman–Crippen MR) is 50.8 cm³/mol. The molecule has 2 N–H and O–H groups in total. The minimum absolute atomic E-state index is 0. The summed E-state index contributed by atoms with van der Waals surface area (Å²) in [7, 11) is 0. The highest BCUT2D eigenvalue weighted by atomic mass is 24.3. The zero-order chi connectivity index (χ0) is 9.98. The summed E-state index contributed by atoms with van der Waals surface area (Å²) in [4.78, 5) is 19.2. The second-order valence-electron chi connectivity index (χ2n) is 2.29. The standard InChI is InChI=1S/2C4H8O2.Mg/c2*1-2-3-4(5)6;/h2*2-3H2,1H3,(H,5,6);. The minimum Gasteiger partial charge on any atom is -0.481 e. The maximum Gasteiger partial charge on any atom is 0.303 e. The molecule has 4 nitrogen and oxygen atoms in total. The number of hydrogen-bond donors (Lipinski definition) is 2. The molecular weight excluding hydrogens is 184 g/mol. The molecule has 2 radical (unpaired) electrons. The van der Waals surface area contributed by atoms with Gasteiger partial charge in [0.05, 0.1) is 0 Å². The summed E-state index contributed by atoms with van der Waals surface area (Å²) in [5.74, 6) is -1.42. The normalized spacial score (nSPS) is 7.54. The molecule has 0 saturated heterocycles. The molecule has 0 saturated carbocycles. The van der Waals surface area contributed by atoms with Gasteiger partial charge in [0, 0.05) is 35.9 Å². The van der Waals surface area contributed by atoms with Gasteiger partial charge in [-0.15, -0.1) is 0 Å². The van der Waals surface area contributed by atoms with Crippen molar-refractivity contribution in [2.75, 3.05) is 0 Å². The fourth-order valence-corrected chi connectivity index (χ4v) is 0.428. The van der Waals surface area contributed by atoms with Gasteiger partial charge in [-0.3, -0.25) is 9.59 Å². The smallest absolute Gasteiger partial charge is 0.303 e. The molecule has 0 atom stereocenters. The number of rotatable bonds is 4. The molecule has 0 amide bonds. The third-order valence-corrected chi connectivity index (χ3v) is 0.928. The lowest BCUT2D eigenvalue weighted by molar-refractivity contribution is -0.138. The first-order chi connectivity index (χ1) is 5.54. The van der Waals surface area contributed by atoms with Crippen molar-refractivity contribution < 1.29 is 19.8 Å². The monoisotopic (exact) mass is 200 g/mol. The summed E-state index contributed by atoms with van der Waals surface area (Å²) in [6.45, 7) is 3.68. The van der Waals surface area contributed by atoms with E-state index in [1.807, 2.05) is 13.8 Å². The van der Waals surface area contributed by atoms with Crippen LogP contribution in [-0.4, -0.2) is 45.2 Å². The molecule has 5 heteroatoms. The SMILES string of the molecule is CCCC(=O)O.CCCC(=O)O.[Mg]. The summed E-state index contributed by atoms with van der Waals surface area (Å²) >= 11 is 0. The van der Waals surface area contributed by atoms with E-state index in [9.17, 15) is 9.59 Å². The molecule has 0 aliphatic heterocycles. The minimum atomic E-state index is -0.711. The zero-order valence-electron chi connectivity index (χ0n) is 8.25. The highest BCUT2D eigenvalue weighted by molar-refractivity contribution is 5.75. The number of carboxylic acids is 2. The van der Waals surface area contributed by atoms with Crippen LogP contribution in [0.25, 0.3) is 0 Å². The fraction of sp³-hybridized carbons (Fsp3) is 0.750. The predicted octanol–water partition coefficient (Wildman–Crippen LogP) is 1.36. The van der Waals surface area contributed by atoms with Crippen molar-refractivity contribution in [1.29, 1.82) is 0 Å². The molecule has 0 rings (SSSR count). The lowest BCUT2D eigenvalue weighted by atomic mass is 10.4. The van der Waals surface area contributed by atoms with Gasteiger partial charge < -0.3 is 10.2 Å². The molecule has 13 heavy (non-hydrogen) atoms. The van der Waals surface area contributed by atoms with Crippen LogP contribution >= 0.6 is 0 Å². The Bertz CT molecular complexity index is 120. The Morgan fingerprint density at radius 3 is 1.15 bits per heavy atom. The van der Waals surface area contributed by atoms with Gasteiger partial charge in [-0.1, -0.05) is 13.8 Å². The Morgan fingerprint density at radius 1 is 0.923 bits per heavy atom. The topological polar surface area (TPSA) is 74.6 Å². The summed E-state index contributed by atoms with van der Waals surface area (Å²) in [5.41, 5.74) is 0. The maximum absolute atomic E-state index is 9.60. The molecule has 0 aliphatic rings. The van der Waals surface area contributed by atoms with Crippen LogP contribution in [0.1, 0.15) is 39.5 Å². The van der Waals surface area contributed by atoms with Gasteiger partial charge in [-0.25, -0.2) is 0 Å². The van der Waals surface area contributed by atoms with Gasteiger partial charge in [-0.2, -0.15) is 0 Å². The highest BCUT2D eigenvalue weighted by Crippen LogP contribution is 1.82. The first kappa shape index (κ1) is 18.5. The first-order valence-electron chi connectivity index (χ1n) is 3.98. The van der Waals surface area contributed by atoms with E-state index in [0.717, 1.165) is 12.8 Å². The van der Waals surface area contributed by atoms with Gasteiger partial charge in [0.1, 0.15) is 0 Å². The van der Waals surface area contributed by atoms with Gasteiger partial charge in [0.15, 0.2) is 0 Å². The van der Waals surface area contributed by atoms with Crippen molar-refractivity contribution in [2.24, 2.45) is 0 Å². The Morgan fingerprint density at radius 2 is 1.15 bits per heavy atom. The Balaban J connectivity index is -0.000000143. The van der Waals surface area contributed by atoms with Gasteiger partial charge in [0.2, 0.25) is 0 Å². The average Bonchev–Trinajstić information content (AvgIpc) is 1.87. The summed E-state index contributed by atoms with van der Waals surface area (Å²) < 4.78 is 0. The quantitative estimate of drug-likeness (QED) is 0.672. The third-order valence-electron chi connectivity index (χ3n) is 0.928. The number of aliphatic carboxylic acids is 2. The van der Waals surface area contributed by atoms with E-state index in [-0.39, 0.29) is 23.1 Å². The van der Waals surface area contributed by atoms with Gasteiger partial charge in [-0.05, 0) is 12.8 Å². The second kappa shape index (κ2) is 14.2. The molecule has 0 aromatic rings. The second-order valence-corrected chi connectivity index (χ2v) is 2.29. The Labute approximate surface area is 94.5 Å². The number of carboxylic acid groups (broad SMARTS) is 2. The van der Waals surface area contributed by atoms with E-state index in [1.54, 1.807) is 0 Å². The lowest BCUT2D eigenvalue weighted by Crippen LogP contribution is -1.90. The highest BCUT2D eigenvalue weighted by Gasteiger charge is 1.88. The largest absolute Gasteiger partial charge is 0.481 e. The summed E-state index contributed by atoms with van der Waals surface area (Å²) in [5, 5.41) is 15.8. The van der Waals surface area contributed by atoms with Crippen LogP contribution in [0.2, 0.25) is 0 Å². The first-order valence-corrected chi connectivity index (χ1v) is 3.98. The fourth-order valence-electron chi connectivity index (χ4n) is 0.428. The van der Waals surface area contributed by atoms with E-state index < -0.39 is 11.9 Å². The van der Waals surface area contributed by atoms with Crippen LogP contribution in [0.5, 0.6) is 0 Å². The summed E-state index contributed by atoms with van der Waals surface area (Å²) in [6, 6.07) is 0. The third kappa shape index (κ3) is 33.9. The van der Waals surface area contributed by atoms with E-state index >= 15 is 0 Å². The van der Waals surface area contributed by atoms with Crippen LogP contribution in [0.4, 0.5) is 0 Å². The van der Waals surface area contributed by atoms with E-state index in [2.05, 4.69) is 0 Å². The van der Waals surface area contributed by atoms with Crippen molar-refractivity contribution in [1.82, 2.24) is 0 Å². The lowest BCUT2D eigenvalue weighted by Gasteiger charge is -1.79. The van der Waals surface area contributed by atoms with Gasteiger partial charge in [0.25, 0.3) is 0 Å². The molecule has 0 aromatic carbocycles. The van der Waals surface area contributed by atoms with Crippen LogP contribution in [-0.2, 0) is 9.59 Å². The molecule has 0 unspecified atom stereocenters. The van der Waals surface area contributed by atoms with Crippen molar-refractivity contribution in [3.63, 3.8) is 0 Å². The van der Waals surface area contributed by atoms with E-state index in [4.69, 9.17) is 10.2 Å². The van der Waals surface area contributed by atoms with Crippen molar-refractivity contribution in [3.05, 3.63) is 0 Å². The molecular formula is C8H16MgO4. The van der Waals surface area contributed by atoms with Crippen LogP contribution < -0.4 is 0 Å². The molecule has 0 aliphatic carbocycles. The molecule has 0 bridgehead atoms. The molecule has 0 heterocycles. The Kier molecular flexibility index (Phi) is 20.2. The number of hydrogen-bond acceptors (Lipinski definition) is 2. The van der Waals surface area contributed by atoms with Crippen LogP contribution in [0, 0.1) is 0 Å². The molecule has 0 aromatic heterocycles. The van der Waals surface area contributed by atoms with E-state index in [0.29, 0.717) is 12.8 Å². The van der Waals surface area contributed by atoms with Crippen molar-refractivity contribution >= 4 is 35.0 Å².